The first-order valence-electron chi connectivity index (χ1n) is 9.29. The average molecular weight is 395 g/mol. The summed E-state index contributed by atoms with van der Waals surface area (Å²) in [6, 6.07) is 15.5. The Balaban J connectivity index is 1.45. The van der Waals surface area contributed by atoms with E-state index in [1.165, 1.54) is 21.8 Å². The highest BCUT2D eigenvalue weighted by Gasteiger charge is 2.33. The van der Waals surface area contributed by atoms with Crippen molar-refractivity contribution in [2.45, 2.75) is 25.4 Å². The van der Waals surface area contributed by atoms with Gasteiger partial charge in [-0.05, 0) is 36.1 Å². The molecule has 144 valence electrons. The van der Waals surface area contributed by atoms with Crippen LogP contribution in [-0.2, 0) is 22.6 Å². The van der Waals surface area contributed by atoms with Crippen LogP contribution in [0.5, 0.6) is 0 Å². The van der Waals surface area contributed by atoms with Crippen molar-refractivity contribution in [1.29, 1.82) is 0 Å². The molecule has 6 nitrogen and oxygen atoms in total. The van der Waals surface area contributed by atoms with Gasteiger partial charge in [0.15, 0.2) is 0 Å². The molecule has 1 aromatic heterocycles. The maximum Gasteiger partial charge on any atom is 0.312 e. The number of aliphatic hydroxyl groups excluding tert-OH is 1. The van der Waals surface area contributed by atoms with Crippen LogP contribution >= 0.6 is 11.3 Å². The molecule has 2 aromatic carbocycles. The van der Waals surface area contributed by atoms with Crippen molar-refractivity contribution in [1.82, 2.24) is 15.2 Å². The summed E-state index contributed by atoms with van der Waals surface area (Å²) in [4.78, 5) is 31.3. The second-order valence-electron chi connectivity index (χ2n) is 6.73. The third-order valence-electron chi connectivity index (χ3n) is 5.01. The molecule has 0 bridgehead atoms. The summed E-state index contributed by atoms with van der Waals surface area (Å²) in [5.41, 5.74) is 3.13. The standard InChI is InChI=1S/C21H21N3O3S/c25-12-11-24(17-10-9-14-5-1-2-6-15(14)17)21(27)20(26)22-13-19-23-16-7-3-4-8-18(16)28-19/h1-8,17,25H,9-13H2,(H,22,26). The first-order chi connectivity index (χ1) is 13.7. The number of nitrogens with one attached hydrogen (secondary N) is 1. The van der Waals surface area contributed by atoms with Crippen LogP contribution in [0.1, 0.15) is 28.6 Å². The summed E-state index contributed by atoms with van der Waals surface area (Å²) in [5, 5.41) is 12.9. The van der Waals surface area contributed by atoms with E-state index in [1.807, 2.05) is 48.5 Å². The van der Waals surface area contributed by atoms with Gasteiger partial charge in [-0.15, -0.1) is 11.3 Å². The minimum Gasteiger partial charge on any atom is -0.395 e. The summed E-state index contributed by atoms with van der Waals surface area (Å²) in [6.07, 6.45) is 1.62. The smallest absolute Gasteiger partial charge is 0.312 e. The Bertz CT molecular complexity index is 984. The van der Waals surface area contributed by atoms with Crippen molar-refractivity contribution in [2.24, 2.45) is 0 Å². The molecule has 2 amide bonds. The number of aryl methyl sites for hydroxylation is 1. The van der Waals surface area contributed by atoms with Gasteiger partial charge in [0.1, 0.15) is 5.01 Å². The molecule has 0 fully saturated rings. The van der Waals surface area contributed by atoms with E-state index in [2.05, 4.69) is 10.3 Å². The van der Waals surface area contributed by atoms with Gasteiger partial charge in [0, 0.05) is 6.54 Å². The van der Waals surface area contributed by atoms with E-state index in [4.69, 9.17) is 0 Å². The number of para-hydroxylation sites is 1. The highest BCUT2D eigenvalue weighted by atomic mass is 32.1. The predicted molar refractivity (Wildman–Crippen MR) is 108 cm³/mol. The Morgan fingerprint density at radius 3 is 2.79 bits per heavy atom. The van der Waals surface area contributed by atoms with Crippen molar-refractivity contribution in [3.8, 4) is 0 Å². The van der Waals surface area contributed by atoms with Gasteiger partial charge in [-0.2, -0.15) is 0 Å². The molecule has 0 aliphatic heterocycles. The largest absolute Gasteiger partial charge is 0.395 e. The molecule has 0 saturated carbocycles. The third kappa shape index (κ3) is 3.63. The molecule has 3 aromatic rings. The van der Waals surface area contributed by atoms with Crippen LogP contribution in [0.4, 0.5) is 0 Å². The van der Waals surface area contributed by atoms with Crippen LogP contribution < -0.4 is 5.32 Å². The molecule has 7 heteroatoms. The van der Waals surface area contributed by atoms with Crippen LogP contribution in [0, 0.1) is 0 Å². The Labute approximate surface area is 166 Å². The van der Waals surface area contributed by atoms with Gasteiger partial charge in [0.05, 0.1) is 29.4 Å². The fraction of sp³-hybridized carbons (Fsp3) is 0.286. The highest BCUT2D eigenvalue weighted by Crippen LogP contribution is 2.35. The first kappa shape index (κ1) is 18.6. The number of hydrogen-bond acceptors (Lipinski definition) is 5. The van der Waals surface area contributed by atoms with Crippen molar-refractivity contribution in [3.05, 3.63) is 64.7 Å². The van der Waals surface area contributed by atoms with E-state index >= 15 is 0 Å². The van der Waals surface area contributed by atoms with Gasteiger partial charge >= 0.3 is 11.8 Å². The lowest BCUT2D eigenvalue weighted by Crippen LogP contribution is -2.45. The van der Waals surface area contributed by atoms with E-state index in [0.717, 1.165) is 33.6 Å². The maximum absolute atomic E-state index is 12.8. The normalized spacial score (nSPS) is 15.4. The Hall–Kier alpha value is -2.77. The Morgan fingerprint density at radius 2 is 1.96 bits per heavy atom. The number of benzene rings is 2. The molecular weight excluding hydrogens is 374 g/mol. The number of carbonyl (C=O) groups is 2. The lowest BCUT2D eigenvalue weighted by Gasteiger charge is -2.28. The summed E-state index contributed by atoms with van der Waals surface area (Å²) < 4.78 is 1.04. The maximum atomic E-state index is 12.8. The fourth-order valence-electron chi connectivity index (χ4n) is 3.72. The summed E-state index contributed by atoms with van der Waals surface area (Å²) in [5.74, 6) is -1.28. The number of carbonyl (C=O) groups excluding carboxylic acids is 2. The average Bonchev–Trinajstić information content (AvgIpc) is 3.33. The second-order valence-corrected chi connectivity index (χ2v) is 7.85. The van der Waals surface area contributed by atoms with Crippen molar-refractivity contribution < 1.29 is 14.7 Å². The number of fused-ring (bicyclic) bond motifs is 2. The molecule has 1 unspecified atom stereocenters. The molecule has 1 aliphatic rings. The van der Waals surface area contributed by atoms with Crippen molar-refractivity contribution >= 4 is 33.4 Å². The van der Waals surface area contributed by atoms with E-state index in [-0.39, 0.29) is 25.7 Å². The number of nitrogens with zero attached hydrogens (tertiary/aromatic N) is 2. The molecule has 0 spiro atoms. The van der Waals surface area contributed by atoms with E-state index in [9.17, 15) is 14.7 Å². The second kappa shape index (κ2) is 8.08. The zero-order valence-electron chi connectivity index (χ0n) is 15.3. The summed E-state index contributed by atoms with van der Waals surface area (Å²) >= 11 is 1.49. The minimum atomic E-state index is -0.669. The van der Waals surface area contributed by atoms with Gasteiger partial charge in [0.25, 0.3) is 0 Å². The van der Waals surface area contributed by atoms with Gasteiger partial charge in [0.2, 0.25) is 0 Å². The zero-order valence-corrected chi connectivity index (χ0v) is 16.1. The molecule has 1 atom stereocenters. The Kier molecular flexibility index (Phi) is 5.36. The molecule has 0 saturated heterocycles. The molecular formula is C21H21N3O3S. The van der Waals surface area contributed by atoms with Gasteiger partial charge in [-0.3, -0.25) is 9.59 Å². The SMILES string of the molecule is O=C(NCc1nc2ccccc2s1)C(=O)N(CCO)C1CCc2ccccc21. The van der Waals surface area contributed by atoms with Crippen LogP contribution in [0.15, 0.2) is 48.5 Å². The first-order valence-corrected chi connectivity index (χ1v) is 10.1. The van der Waals surface area contributed by atoms with E-state index < -0.39 is 11.8 Å². The molecule has 2 N–H and O–H groups in total. The quantitative estimate of drug-likeness (QED) is 0.650. The van der Waals surface area contributed by atoms with E-state index in [1.54, 1.807) is 0 Å². The highest BCUT2D eigenvalue weighted by molar-refractivity contribution is 7.18. The van der Waals surface area contributed by atoms with Crippen LogP contribution in [0.2, 0.25) is 0 Å². The van der Waals surface area contributed by atoms with E-state index in [0.29, 0.717) is 0 Å². The molecule has 28 heavy (non-hydrogen) atoms. The molecule has 4 rings (SSSR count). The van der Waals surface area contributed by atoms with Crippen molar-refractivity contribution in [2.75, 3.05) is 13.2 Å². The lowest BCUT2D eigenvalue weighted by atomic mass is 10.1. The minimum absolute atomic E-state index is 0.131. The van der Waals surface area contributed by atoms with Crippen LogP contribution in [0.3, 0.4) is 0 Å². The van der Waals surface area contributed by atoms with Gasteiger partial charge in [-0.1, -0.05) is 36.4 Å². The van der Waals surface area contributed by atoms with Gasteiger partial charge < -0.3 is 15.3 Å². The van der Waals surface area contributed by atoms with Crippen LogP contribution in [-0.4, -0.2) is 40.0 Å². The number of rotatable bonds is 5. The van der Waals surface area contributed by atoms with Crippen molar-refractivity contribution in [3.63, 3.8) is 0 Å². The lowest BCUT2D eigenvalue weighted by molar-refractivity contribution is -0.148. The summed E-state index contributed by atoms with van der Waals surface area (Å²) in [7, 11) is 0. The Morgan fingerprint density at radius 1 is 1.18 bits per heavy atom. The topological polar surface area (TPSA) is 82.5 Å². The zero-order chi connectivity index (χ0) is 19.5. The number of amides is 2. The fourth-order valence-corrected chi connectivity index (χ4v) is 4.63. The summed E-state index contributed by atoms with van der Waals surface area (Å²) in [6.45, 7) is 0.153. The number of aliphatic hydroxyl groups is 1. The van der Waals surface area contributed by atoms with Gasteiger partial charge in [-0.25, -0.2) is 4.98 Å². The number of hydrogen-bond donors (Lipinski definition) is 2. The molecule has 0 radical (unpaired) electrons. The molecule has 1 heterocycles. The molecule has 1 aliphatic carbocycles. The number of aromatic nitrogens is 1. The van der Waals surface area contributed by atoms with Crippen LogP contribution in [0.25, 0.3) is 10.2 Å². The monoisotopic (exact) mass is 395 g/mol. The predicted octanol–water partition coefficient (Wildman–Crippen LogP) is 2.42. The number of thiazole rings is 1. The third-order valence-corrected chi connectivity index (χ3v) is 6.05.